The van der Waals surface area contributed by atoms with Gasteiger partial charge in [0.25, 0.3) is 5.69 Å². The van der Waals surface area contributed by atoms with Crippen LogP contribution in [0.25, 0.3) is 0 Å². The molecule has 1 aromatic rings. The van der Waals surface area contributed by atoms with E-state index in [2.05, 4.69) is 0 Å². The molecule has 2 heterocycles. The molecule has 1 aromatic carbocycles. The van der Waals surface area contributed by atoms with Crippen molar-refractivity contribution in [2.24, 2.45) is 11.7 Å². The number of ether oxygens (including phenoxy) is 1. The van der Waals surface area contributed by atoms with Gasteiger partial charge in [-0.15, -0.1) is 11.8 Å². The number of aliphatic hydroxyl groups is 1. The van der Waals surface area contributed by atoms with E-state index < -0.39 is 46.9 Å². The number of fused-ring (bicyclic) bond motifs is 1. The fourth-order valence-corrected chi connectivity index (χ4v) is 4.72. The third-order valence-corrected chi connectivity index (χ3v) is 6.39. The zero-order valence-electron chi connectivity index (χ0n) is 16.5. The van der Waals surface area contributed by atoms with Gasteiger partial charge in [0.05, 0.1) is 23.0 Å². The summed E-state index contributed by atoms with van der Waals surface area (Å²) in [5.41, 5.74) is 6.19. The zero-order valence-corrected chi connectivity index (χ0v) is 17.3. The SMILES string of the molecule is C[C@H](O)[C@@H]1C(=O)N2C(C(=O)O)=C(SCC(N)C(=O)OCc3ccc([N+](=O)[O-])cc3)C[C@H]12. The lowest BCUT2D eigenvalue weighted by atomic mass is 9.83. The minimum Gasteiger partial charge on any atom is -0.477 e. The number of carboxylic acids is 1. The van der Waals surface area contributed by atoms with Gasteiger partial charge in [-0.2, -0.15) is 0 Å². The molecular weight excluding hydrogens is 430 g/mol. The summed E-state index contributed by atoms with van der Waals surface area (Å²) in [4.78, 5) is 47.7. The van der Waals surface area contributed by atoms with Crippen LogP contribution in [-0.2, 0) is 25.7 Å². The summed E-state index contributed by atoms with van der Waals surface area (Å²) in [6.07, 6.45) is -0.608. The molecule has 1 unspecified atom stereocenters. The standard InChI is InChI=1S/C19H21N3O8S/c1-9(23)15-13-6-14(16(18(25)26)21(13)17(15)24)31-8-12(20)19(27)30-7-10-2-4-11(5-3-10)22(28)29/h2-5,9,12-13,15,23H,6-8,20H2,1H3,(H,25,26)/t9-,12?,13+,15-/m0/s1. The Hall–Kier alpha value is -2.96. The summed E-state index contributed by atoms with van der Waals surface area (Å²) in [5.74, 6) is -2.99. The first kappa shape index (κ1) is 22.7. The molecule has 0 aliphatic carbocycles. The highest BCUT2D eigenvalue weighted by molar-refractivity contribution is 8.03. The van der Waals surface area contributed by atoms with Gasteiger partial charge in [-0.3, -0.25) is 19.7 Å². The van der Waals surface area contributed by atoms with Gasteiger partial charge in [-0.1, -0.05) is 0 Å². The number of nitro groups is 1. The lowest BCUT2D eigenvalue weighted by Crippen LogP contribution is -2.61. The van der Waals surface area contributed by atoms with Crippen LogP contribution in [0.2, 0.25) is 0 Å². The Bertz CT molecular complexity index is 946. The number of nitro benzene ring substituents is 1. The van der Waals surface area contributed by atoms with Crippen LogP contribution in [0.4, 0.5) is 5.69 Å². The smallest absolute Gasteiger partial charge is 0.353 e. The number of aliphatic hydroxyl groups excluding tert-OH is 1. The lowest BCUT2D eigenvalue weighted by molar-refractivity contribution is -0.384. The highest BCUT2D eigenvalue weighted by atomic mass is 32.2. The van der Waals surface area contributed by atoms with Crippen LogP contribution in [0.1, 0.15) is 18.9 Å². The van der Waals surface area contributed by atoms with Gasteiger partial charge in [-0.05, 0) is 24.6 Å². The Labute approximate surface area is 181 Å². The number of thioether (sulfide) groups is 1. The van der Waals surface area contributed by atoms with Crippen molar-refractivity contribution in [3.05, 3.63) is 50.5 Å². The molecule has 0 spiro atoms. The van der Waals surface area contributed by atoms with Crippen molar-refractivity contribution in [2.75, 3.05) is 5.75 Å². The van der Waals surface area contributed by atoms with E-state index in [9.17, 15) is 34.7 Å². The van der Waals surface area contributed by atoms with Crippen molar-refractivity contribution in [3.8, 4) is 0 Å². The average molecular weight is 451 g/mol. The van der Waals surface area contributed by atoms with Gasteiger partial charge in [0.1, 0.15) is 18.3 Å². The molecule has 12 heteroatoms. The van der Waals surface area contributed by atoms with Gasteiger partial charge < -0.3 is 25.6 Å². The van der Waals surface area contributed by atoms with Gasteiger partial charge in [0.2, 0.25) is 5.91 Å². The molecule has 4 atom stereocenters. The molecule has 0 radical (unpaired) electrons. The fourth-order valence-electron chi connectivity index (χ4n) is 3.59. The van der Waals surface area contributed by atoms with Crippen molar-refractivity contribution >= 4 is 35.3 Å². The highest BCUT2D eigenvalue weighted by Crippen LogP contribution is 2.47. The van der Waals surface area contributed by atoms with E-state index in [-0.39, 0.29) is 30.2 Å². The molecule has 0 aromatic heterocycles. The Morgan fingerprint density at radius 1 is 1.39 bits per heavy atom. The molecule has 3 rings (SSSR count). The number of hydrogen-bond acceptors (Lipinski definition) is 9. The fraction of sp³-hybridized carbons (Fsp3) is 0.421. The third kappa shape index (κ3) is 4.55. The number of carbonyl (C=O) groups is 3. The van der Waals surface area contributed by atoms with Crippen molar-refractivity contribution in [1.82, 2.24) is 4.90 Å². The predicted molar refractivity (Wildman–Crippen MR) is 108 cm³/mol. The maximum Gasteiger partial charge on any atom is 0.353 e. The first-order chi connectivity index (χ1) is 14.6. The number of amides is 1. The maximum absolute atomic E-state index is 12.2. The van der Waals surface area contributed by atoms with Crippen LogP contribution < -0.4 is 5.73 Å². The number of esters is 1. The van der Waals surface area contributed by atoms with E-state index in [1.807, 2.05) is 0 Å². The van der Waals surface area contributed by atoms with Gasteiger partial charge in [0, 0.05) is 29.2 Å². The van der Waals surface area contributed by atoms with E-state index in [0.29, 0.717) is 10.5 Å². The second-order valence-corrected chi connectivity index (χ2v) is 8.39. The zero-order chi connectivity index (χ0) is 22.9. The van der Waals surface area contributed by atoms with E-state index in [1.54, 1.807) is 0 Å². The molecule has 1 saturated heterocycles. The normalized spacial score (nSPS) is 21.9. The van der Waals surface area contributed by atoms with Crippen molar-refractivity contribution < 1.29 is 34.3 Å². The summed E-state index contributed by atoms with van der Waals surface area (Å²) >= 11 is 1.07. The monoisotopic (exact) mass is 451 g/mol. The number of aliphatic carboxylic acids is 1. The van der Waals surface area contributed by atoms with Crippen molar-refractivity contribution in [1.29, 1.82) is 0 Å². The lowest BCUT2D eigenvalue weighted by Gasteiger charge is -2.44. The van der Waals surface area contributed by atoms with Gasteiger partial charge in [0.15, 0.2) is 0 Å². The Balaban J connectivity index is 1.55. The summed E-state index contributed by atoms with van der Waals surface area (Å²) in [7, 11) is 0. The van der Waals surface area contributed by atoms with Crippen molar-refractivity contribution in [3.63, 3.8) is 0 Å². The summed E-state index contributed by atoms with van der Waals surface area (Å²) in [6, 6.07) is 4.07. The quantitative estimate of drug-likeness (QED) is 0.209. The van der Waals surface area contributed by atoms with Gasteiger partial charge in [-0.25, -0.2) is 4.79 Å². The Morgan fingerprint density at radius 3 is 2.58 bits per heavy atom. The molecule has 166 valence electrons. The summed E-state index contributed by atoms with van der Waals surface area (Å²) in [5, 5.41) is 29.9. The van der Waals surface area contributed by atoms with Crippen LogP contribution in [0, 0.1) is 16.0 Å². The van der Waals surface area contributed by atoms with Gasteiger partial charge >= 0.3 is 11.9 Å². The maximum atomic E-state index is 12.2. The van der Waals surface area contributed by atoms with E-state index in [4.69, 9.17) is 10.5 Å². The first-order valence-electron chi connectivity index (χ1n) is 9.37. The molecule has 2 aliphatic heterocycles. The van der Waals surface area contributed by atoms with Crippen LogP contribution in [0.5, 0.6) is 0 Å². The van der Waals surface area contributed by atoms with Crippen LogP contribution in [0.3, 0.4) is 0 Å². The number of non-ortho nitro benzene ring substituents is 1. The highest BCUT2D eigenvalue weighted by Gasteiger charge is 2.56. The number of benzene rings is 1. The van der Waals surface area contributed by atoms with Crippen molar-refractivity contribution in [2.45, 2.75) is 38.1 Å². The molecular formula is C19H21N3O8S. The van der Waals surface area contributed by atoms with Crippen LogP contribution in [0.15, 0.2) is 34.9 Å². The largest absolute Gasteiger partial charge is 0.477 e. The minimum absolute atomic E-state index is 0.0410. The number of β-lactam (4-membered cyclic amide) rings is 1. The molecule has 1 fully saturated rings. The number of nitrogens with two attached hydrogens (primary N) is 1. The van der Waals surface area contributed by atoms with E-state index in [0.717, 1.165) is 11.8 Å². The first-order valence-corrected chi connectivity index (χ1v) is 10.4. The molecule has 0 bridgehead atoms. The molecule has 0 saturated carbocycles. The number of hydrogen-bond donors (Lipinski definition) is 3. The minimum atomic E-state index is -1.25. The summed E-state index contributed by atoms with van der Waals surface area (Å²) < 4.78 is 5.12. The second kappa shape index (κ2) is 9.04. The van der Waals surface area contributed by atoms with Crippen LogP contribution >= 0.6 is 11.8 Å². The number of carboxylic acid groups (broad SMARTS) is 1. The number of carbonyl (C=O) groups excluding carboxylic acids is 2. The summed E-state index contributed by atoms with van der Waals surface area (Å²) in [6.45, 7) is 1.38. The predicted octanol–water partition coefficient (Wildman–Crippen LogP) is 0.606. The third-order valence-electron chi connectivity index (χ3n) is 5.16. The second-order valence-electron chi connectivity index (χ2n) is 7.27. The topological polar surface area (TPSA) is 173 Å². The number of rotatable bonds is 9. The van der Waals surface area contributed by atoms with Crippen LogP contribution in [-0.4, -0.2) is 61.8 Å². The van der Waals surface area contributed by atoms with E-state index >= 15 is 0 Å². The molecule has 31 heavy (non-hydrogen) atoms. The van der Waals surface area contributed by atoms with E-state index in [1.165, 1.54) is 36.1 Å². The Morgan fingerprint density at radius 2 is 2.03 bits per heavy atom. The molecule has 1 amide bonds. The average Bonchev–Trinajstić information content (AvgIpc) is 3.04. The molecule has 11 nitrogen and oxygen atoms in total. The number of nitrogens with zero attached hydrogens (tertiary/aromatic N) is 2. The molecule has 4 N–H and O–H groups in total. The molecule has 2 aliphatic rings. The Kier molecular flexibility index (Phi) is 6.62.